The number of aromatic nitrogens is 2. The molecule has 1 aliphatic rings. The minimum atomic E-state index is -0.301. The van der Waals surface area contributed by atoms with E-state index in [0.717, 1.165) is 39.7 Å². The number of ether oxygens (including phenoxy) is 3. The number of quaternary nitrogens is 1. The molecule has 4 N–H and O–H groups in total. The average molecular weight is 423 g/mol. The summed E-state index contributed by atoms with van der Waals surface area (Å²) in [6.07, 6.45) is 1.03. The summed E-state index contributed by atoms with van der Waals surface area (Å²) >= 11 is 0. The van der Waals surface area contributed by atoms with E-state index in [-0.39, 0.29) is 17.7 Å². The second-order valence-corrected chi connectivity index (χ2v) is 7.79. The summed E-state index contributed by atoms with van der Waals surface area (Å²) in [5.74, 6) is 0.549. The first-order valence-electron chi connectivity index (χ1n) is 10.1. The Labute approximate surface area is 180 Å². The number of pyridine rings is 2. The van der Waals surface area contributed by atoms with E-state index < -0.39 is 0 Å². The van der Waals surface area contributed by atoms with Crippen LogP contribution in [0.5, 0.6) is 5.88 Å². The number of benzene rings is 1. The van der Waals surface area contributed by atoms with Gasteiger partial charge in [0, 0.05) is 24.6 Å². The number of hydrogen-bond acceptors (Lipinski definition) is 6. The summed E-state index contributed by atoms with van der Waals surface area (Å²) < 4.78 is 16.6. The number of rotatable bonds is 6. The highest BCUT2D eigenvalue weighted by Crippen LogP contribution is 2.34. The fourth-order valence-corrected chi connectivity index (χ4v) is 4.28. The molecule has 0 amide bonds. The predicted molar refractivity (Wildman–Crippen MR) is 119 cm³/mol. The summed E-state index contributed by atoms with van der Waals surface area (Å²) in [4.78, 5) is 20.2. The Bertz CT molecular complexity index is 1200. The standard InChI is InChI=1S/C23H26N4O4/c1-12-7-13(2)25-23(30-4)20(12)14-5-6-15-17(8-14)27-22(28)16(9-24)21(15)26-18-10-31-11-19(18)29-3/h5-9,18-19,24H,10-11H2,1-4H3,(H2,26,27,28)/p+1. The van der Waals surface area contributed by atoms with Crippen LogP contribution in [0.25, 0.3) is 22.0 Å². The monoisotopic (exact) mass is 423 g/mol. The lowest BCUT2D eigenvalue weighted by molar-refractivity contribution is -0.614. The van der Waals surface area contributed by atoms with Gasteiger partial charge in [0.2, 0.25) is 5.88 Å². The third kappa shape index (κ3) is 3.85. The highest BCUT2D eigenvalue weighted by atomic mass is 16.5. The summed E-state index contributed by atoms with van der Waals surface area (Å²) in [6.45, 7) is 4.98. The van der Waals surface area contributed by atoms with Crippen LogP contribution in [-0.4, -0.2) is 55.8 Å². The molecule has 0 spiro atoms. The van der Waals surface area contributed by atoms with Crippen molar-refractivity contribution < 1.29 is 19.5 Å². The summed E-state index contributed by atoms with van der Waals surface area (Å²) in [5, 5.41) is 10.7. The molecule has 8 nitrogen and oxygen atoms in total. The van der Waals surface area contributed by atoms with Gasteiger partial charge >= 0.3 is 0 Å². The van der Waals surface area contributed by atoms with Crippen LogP contribution in [0.2, 0.25) is 0 Å². The molecule has 0 bridgehead atoms. The molecule has 8 heteroatoms. The molecule has 2 aromatic heterocycles. The van der Waals surface area contributed by atoms with Gasteiger partial charge in [0.1, 0.15) is 24.3 Å². The fourth-order valence-electron chi connectivity index (χ4n) is 4.28. The van der Waals surface area contributed by atoms with E-state index in [1.807, 2.05) is 43.4 Å². The molecule has 0 aliphatic carbocycles. The smallest absolute Gasteiger partial charge is 0.263 e. The van der Waals surface area contributed by atoms with E-state index in [1.165, 1.54) is 0 Å². The van der Waals surface area contributed by atoms with Crippen molar-refractivity contribution in [3.05, 3.63) is 51.4 Å². The van der Waals surface area contributed by atoms with Crippen LogP contribution < -0.4 is 15.6 Å². The van der Waals surface area contributed by atoms with Crippen molar-refractivity contribution in [2.45, 2.75) is 26.0 Å². The number of aromatic amines is 1. The molecule has 0 saturated carbocycles. The van der Waals surface area contributed by atoms with E-state index in [0.29, 0.717) is 30.2 Å². The Hall–Kier alpha value is -3.07. The summed E-state index contributed by atoms with van der Waals surface area (Å²) in [5.41, 5.74) is 5.15. The molecule has 2 atom stereocenters. The van der Waals surface area contributed by atoms with E-state index in [1.54, 1.807) is 14.2 Å². The molecule has 4 rings (SSSR count). The highest BCUT2D eigenvalue weighted by Gasteiger charge is 2.33. The topological polar surface area (TPSA) is 114 Å². The first-order valence-corrected chi connectivity index (χ1v) is 10.1. The molecule has 0 radical (unpaired) electrons. The molecular formula is C23H27N4O4+. The number of H-pyrrole nitrogens is 1. The van der Waals surface area contributed by atoms with Gasteiger partial charge in [-0.05, 0) is 43.2 Å². The fraction of sp³-hybridized carbons (Fsp3) is 0.348. The second-order valence-electron chi connectivity index (χ2n) is 7.79. The van der Waals surface area contributed by atoms with Crippen molar-refractivity contribution in [3.8, 4) is 17.0 Å². The van der Waals surface area contributed by atoms with E-state index in [4.69, 9.17) is 19.6 Å². The molecule has 1 aliphatic heterocycles. The highest BCUT2D eigenvalue weighted by molar-refractivity contribution is 5.98. The largest absolute Gasteiger partial charge is 0.481 e. The Morgan fingerprint density at radius 2 is 2.06 bits per heavy atom. The quantitative estimate of drug-likeness (QED) is 0.524. The Morgan fingerprint density at radius 1 is 1.26 bits per heavy atom. The number of nitrogens with zero attached hydrogens (tertiary/aromatic N) is 1. The van der Waals surface area contributed by atoms with Crippen molar-refractivity contribution in [1.29, 1.82) is 5.41 Å². The van der Waals surface area contributed by atoms with Gasteiger partial charge in [-0.3, -0.25) is 4.79 Å². The zero-order valence-corrected chi connectivity index (χ0v) is 18.1. The van der Waals surface area contributed by atoms with E-state index >= 15 is 0 Å². The lowest BCUT2D eigenvalue weighted by atomic mass is 9.98. The molecule has 2 unspecified atom stereocenters. The number of nitrogens with one attached hydrogen (secondary N) is 2. The number of methoxy groups -OCH3 is 2. The van der Waals surface area contributed by atoms with E-state index in [9.17, 15) is 4.79 Å². The first kappa shape index (κ1) is 21.2. The van der Waals surface area contributed by atoms with Crippen LogP contribution in [0.4, 0.5) is 5.69 Å². The maximum atomic E-state index is 12.8. The minimum absolute atomic E-state index is 0.0111. The Balaban J connectivity index is 1.87. The van der Waals surface area contributed by atoms with Crippen molar-refractivity contribution in [1.82, 2.24) is 9.97 Å². The lowest BCUT2D eigenvalue weighted by Gasteiger charge is -2.17. The van der Waals surface area contributed by atoms with E-state index in [2.05, 4.69) is 9.97 Å². The van der Waals surface area contributed by atoms with Gasteiger partial charge < -0.3 is 29.9 Å². The second kappa shape index (κ2) is 8.58. The SMILES string of the molecule is COc1nc(C)cc(C)c1-c1ccc2c([NH2+]C3COCC3OC)c(C=N)c(=O)[nH]c2c1. The first-order chi connectivity index (χ1) is 15.0. The molecule has 1 aromatic carbocycles. The minimum Gasteiger partial charge on any atom is -0.481 e. The Morgan fingerprint density at radius 3 is 2.77 bits per heavy atom. The summed E-state index contributed by atoms with van der Waals surface area (Å²) in [7, 11) is 3.26. The van der Waals surface area contributed by atoms with Crippen LogP contribution in [-0.2, 0) is 9.47 Å². The third-order valence-electron chi connectivity index (χ3n) is 5.78. The molecule has 162 valence electrons. The van der Waals surface area contributed by atoms with Crippen molar-refractivity contribution in [3.63, 3.8) is 0 Å². The third-order valence-corrected chi connectivity index (χ3v) is 5.78. The van der Waals surface area contributed by atoms with Crippen LogP contribution >= 0.6 is 0 Å². The van der Waals surface area contributed by atoms with Gasteiger partial charge in [-0.2, -0.15) is 0 Å². The molecule has 31 heavy (non-hydrogen) atoms. The molecule has 1 saturated heterocycles. The molecule has 3 aromatic rings. The Kier molecular flexibility index (Phi) is 5.86. The molecule has 3 heterocycles. The van der Waals surface area contributed by atoms with Crippen LogP contribution in [0.3, 0.4) is 0 Å². The number of nitrogens with two attached hydrogens (primary N) is 1. The zero-order valence-electron chi connectivity index (χ0n) is 18.1. The van der Waals surface area contributed by atoms with Crippen LogP contribution in [0, 0.1) is 19.3 Å². The number of hydrogen-bond donors (Lipinski definition) is 3. The van der Waals surface area contributed by atoms with Crippen LogP contribution in [0.15, 0.2) is 29.1 Å². The van der Waals surface area contributed by atoms with Gasteiger partial charge in [0.05, 0.1) is 24.6 Å². The maximum Gasteiger partial charge on any atom is 0.263 e. The number of aryl methyl sites for hydroxylation is 2. The predicted octanol–water partition coefficient (Wildman–Crippen LogP) is 1.82. The maximum absolute atomic E-state index is 12.8. The summed E-state index contributed by atoms with van der Waals surface area (Å²) in [6, 6.07) is 7.91. The molecular weight excluding hydrogens is 396 g/mol. The van der Waals surface area contributed by atoms with Crippen LogP contribution in [0.1, 0.15) is 16.8 Å². The van der Waals surface area contributed by atoms with Gasteiger partial charge in [-0.15, -0.1) is 0 Å². The van der Waals surface area contributed by atoms with Gasteiger partial charge in [-0.1, -0.05) is 6.07 Å². The van der Waals surface area contributed by atoms with Gasteiger partial charge in [0.15, 0.2) is 5.69 Å². The normalized spacial score (nSPS) is 18.5. The lowest BCUT2D eigenvalue weighted by Crippen LogP contribution is -2.88. The van der Waals surface area contributed by atoms with Crippen molar-refractivity contribution in [2.24, 2.45) is 0 Å². The van der Waals surface area contributed by atoms with Gasteiger partial charge in [-0.25, -0.2) is 4.98 Å². The van der Waals surface area contributed by atoms with Crippen molar-refractivity contribution in [2.75, 3.05) is 27.4 Å². The van der Waals surface area contributed by atoms with Gasteiger partial charge in [0.25, 0.3) is 5.56 Å². The molecule has 1 fully saturated rings. The van der Waals surface area contributed by atoms with Crippen molar-refractivity contribution >= 4 is 22.8 Å². The average Bonchev–Trinajstić information content (AvgIpc) is 3.20. The zero-order chi connectivity index (χ0) is 22.1. The number of fused-ring (bicyclic) bond motifs is 1.